The highest BCUT2D eigenvalue weighted by Gasteiger charge is 2.05. The van der Waals surface area contributed by atoms with Crippen LogP contribution >= 0.6 is 11.8 Å². The van der Waals surface area contributed by atoms with Crippen LogP contribution in [0.3, 0.4) is 0 Å². The number of benzene rings is 2. The summed E-state index contributed by atoms with van der Waals surface area (Å²) in [5.74, 6) is 0.0352. The van der Waals surface area contributed by atoms with Crippen molar-refractivity contribution in [2.75, 3.05) is 18.4 Å². The number of rotatable bonds is 8. The van der Waals surface area contributed by atoms with Crippen molar-refractivity contribution in [3.05, 3.63) is 54.6 Å². The minimum atomic E-state index is 0.0352. The van der Waals surface area contributed by atoms with Gasteiger partial charge in [0, 0.05) is 22.0 Å². The van der Waals surface area contributed by atoms with Crippen LogP contribution in [0.25, 0.3) is 0 Å². The van der Waals surface area contributed by atoms with E-state index in [1.165, 1.54) is 4.90 Å². The zero-order valence-corrected chi connectivity index (χ0v) is 13.7. The molecule has 0 spiro atoms. The first-order chi connectivity index (χ1) is 10.8. The highest BCUT2D eigenvalue weighted by atomic mass is 32.2. The molecule has 0 unspecified atom stereocenters. The largest absolute Gasteiger partial charge is 0.375 e. The van der Waals surface area contributed by atoms with Gasteiger partial charge < -0.3 is 10.6 Å². The molecule has 0 saturated heterocycles. The summed E-state index contributed by atoms with van der Waals surface area (Å²) < 4.78 is 0. The number of nitrogens with one attached hydrogen (secondary N) is 2. The Hall–Kier alpha value is -1.94. The molecule has 2 aromatic carbocycles. The average molecular weight is 314 g/mol. The van der Waals surface area contributed by atoms with Crippen molar-refractivity contribution >= 4 is 23.4 Å². The fourth-order valence-electron chi connectivity index (χ4n) is 1.96. The van der Waals surface area contributed by atoms with Crippen LogP contribution in [0.15, 0.2) is 64.4 Å². The Morgan fingerprint density at radius 1 is 1.05 bits per heavy atom. The molecule has 2 aromatic rings. The summed E-state index contributed by atoms with van der Waals surface area (Å²) in [6.45, 7) is 3.16. The van der Waals surface area contributed by atoms with Crippen molar-refractivity contribution in [2.45, 2.75) is 29.6 Å². The molecule has 4 heteroatoms. The zero-order chi connectivity index (χ0) is 15.6. The van der Waals surface area contributed by atoms with Gasteiger partial charge in [-0.15, -0.1) is 0 Å². The van der Waals surface area contributed by atoms with Crippen LogP contribution < -0.4 is 10.6 Å². The van der Waals surface area contributed by atoms with Crippen LogP contribution in [0.4, 0.5) is 5.69 Å². The molecule has 0 atom stereocenters. The van der Waals surface area contributed by atoms with Gasteiger partial charge in [-0.3, -0.25) is 4.79 Å². The van der Waals surface area contributed by atoms with E-state index in [-0.39, 0.29) is 5.91 Å². The predicted molar refractivity (Wildman–Crippen MR) is 93.4 cm³/mol. The molecule has 0 radical (unpaired) electrons. The minimum Gasteiger partial charge on any atom is -0.375 e. The van der Waals surface area contributed by atoms with Gasteiger partial charge in [0.1, 0.15) is 0 Å². The fraction of sp³-hybridized carbons (Fsp3) is 0.278. The van der Waals surface area contributed by atoms with Crippen LogP contribution in [0.2, 0.25) is 0 Å². The number of carbonyl (C=O) groups excluding carboxylic acids is 1. The normalized spacial score (nSPS) is 10.2. The second-order valence-corrected chi connectivity index (χ2v) is 6.08. The van der Waals surface area contributed by atoms with Crippen LogP contribution in [-0.2, 0) is 4.79 Å². The summed E-state index contributed by atoms with van der Waals surface area (Å²) in [4.78, 5) is 14.1. The molecule has 2 rings (SSSR count). The number of para-hydroxylation sites is 1. The van der Waals surface area contributed by atoms with Crippen molar-refractivity contribution in [3.8, 4) is 0 Å². The Labute approximate surface area is 136 Å². The molecule has 0 bridgehead atoms. The Kier molecular flexibility index (Phi) is 6.84. The smallest absolute Gasteiger partial charge is 0.239 e. The molecule has 0 aromatic heterocycles. The molecule has 1 amide bonds. The van der Waals surface area contributed by atoms with Gasteiger partial charge in [-0.05, 0) is 30.7 Å². The first-order valence-corrected chi connectivity index (χ1v) is 8.43. The van der Waals surface area contributed by atoms with E-state index in [2.05, 4.69) is 35.8 Å². The van der Waals surface area contributed by atoms with Crippen molar-refractivity contribution in [1.29, 1.82) is 0 Å². The van der Waals surface area contributed by atoms with E-state index in [4.69, 9.17) is 0 Å². The first kappa shape index (κ1) is 16.4. The highest BCUT2D eigenvalue weighted by molar-refractivity contribution is 7.99. The molecule has 0 fully saturated rings. The van der Waals surface area contributed by atoms with E-state index in [1.807, 2.05) is 36.4 Å². The van der Waals surface area contributed by atoms with E-state index in [0.29, 0.717) is 6.54 Å². The quantitative estimate of drug-likeness (QED) is 0.719. The van der Waals surface area contributed by atoms with Crippen molar-refractivity contribution in [3.63, 3.8) is 0 Å². The fourth-order valence-corrected chi connectivity index (χ4v) is 2.90. The maximum absolute atomic E-state index is 11.8. The Bertz CT molecular complexity index is 587. The lowest BCUT2D eigenvalue weighted by molar-refractivity contribution is -0.119. The summed E-state index contributed by atoms with van der Waals surface area (Å²) in [7, 11) is 0. The lowest BCUT2D eigenvalue weighted by Crippen LogP contribution is -2.30. The monoisotopic (exact) mass is 314 g/mol. The van der Waals surface area contributed by atoms with Crippen molar-refractivity contribution in [1.82, 2.24) is 5.32 Å². The van der Waals surface area contributed by atoms with Gasteiger partial charge in [0.15, 0.2) is 0 Å². The molecular weight excluding hydrogens is 292 g/mol. The third kappa shape index (κ3) is 5.45. The van der Waals surface area contributed by atoms with E-state index in [0.717, 1.165) is 30.0 Å². The summed E-state index contributed by atoms with van der Waals surface area (Å²) in [6, 6.07) is 18.3. The minimum absolute atomic E-state index is 0.0352. The molecule has 22 heavy (non-hydrogen) atoms. The van der Waals surface area contributed by atoms with Gasteiger partial charge >= 0.3 is 0 Å². The van der Waals surface area contributed by atoms with E-state index < -0.39 is 0 Å². The van der Waals surface area contributed by atoms with Crippen molar-refractivity contribution < 1.29 is 4.79 Å². The molecular formula is C18H22N2OS. The zero-order valence-electron chi connectivity index (χ0n) is 12.8. The molecule has 0 aliphatic heterocycles. The predicted octanol–water partition coefficient (Wildman–Crippen LogP) is 4.17. The average Bonchev–Trinajstić information content (AvgIpc) is 2.55. The molecule has 2 N–H and O–H groups in total. The van der Waals surface area contributed by atoms with Crippen LogP contribution in [0.1, 0.15) is 19.8 Å². The molecule has 0 saturated carbocycles. The van der Waals surface area contributed by atoms with Gasteiger partial charge in [0.25, 0.3) is 0 Å². The number of carbonyl (C=O) groups is 1. The molecule has 0 aliphatic rings. The Balaban J connectivity index is 1.92. The molecule has 0 aliphatic carbocycles. The first-order valence-electron chi connectivity index (χ1n) is 7.62. The second kappa shape index (κ2) is 9.15. The maximum Gasteiger partial charge on any atom is 0.239 e. The molecule has 3 nitrogen and oxygen atoms in total. The van der Waals surface area contributed by atoms with Crippen LogP contribution in [0, 0.1) is 0 Å². The van der Waals surface area contributed by atoms with E-state index >= 15 is 0 Å². The van der Waals surface area contributed by atoms with Gasteiger partial charge in [-0.25, -0.2) is 0 Å². The Morgan fingerprint density at radius 2 is 1.77 bits per heavy atom. The third-order valence-electron chi connectivity index (χ3n) is 3.15. The summed E-state index contributed by atoms with van der Waals surface area (Å²) in [6.07, 6.45) is 2.11. The number of unbranched alkanes of at least 4 members (excludes halogenated alkanes) is 1. The van der Waals surface area contributed by atoms with E-state index in [9.17, 15) is 4.79 Å². The Morgan fingerprint density at radius 3 is 2.55 bits per heavy atom. The third-order valence-corrected chi connectivity index (χ3v) is 4.23. The summed E-state index contributed by atoms with van der Waals surface area (Å²) in [5.41, 5.74) is 0.988. The summed E-state index contributed by atoms with van der Waals surface area (Å²) in [5, 5.41) is 6.14. The topological polar surface area (TPSA) is 41.1 Å². The van der Waals surface area contributed by atoms with Crippen molar-refractivity contribution in [2.24, 2.45) is 0 Å². The number of amides is 1. The summed E-state index contributed by atoms with van der Waals surface area (Å²) >= 11 is 1.69. The van der Waals surface area contributed by atoms with Gasteiger partial charge in [0.05, 0.1) is 6.54 Å². The maximum atomic E-state index is 11.8. The standard InChI is InChI=1S/C18H22N2OS/c1-2-3-13-19-18(21)14-20-16-11-7-8-12-17(16)22-15-9-5-4-6-10-15/h4-12,20H,2-3,13-14H2,1H3,(H,19,21). The van der Waals surface area contributed by atoms with Gasteiger partial charge in [-0.1, -0.05) is 55.4 Å². The van der Waals surface area contributed by atoms with E-state index in [1.54, 1.807) is 11.8 Å². The number of anilines is 1. The van der Waals surface area contributed by atoms with Gasteiger partial charge in [-0.2, -0.15) is 0 Å². The molecule has 0 heterocycles. The SMILES string of the molecule is CCCCNC(=O)CNc1ccccc1Sc1ccccc1. The van der Waals surface area contributed by atoms with Gasteiger partial charge in [0.2, 0.25) is 5.91 Å². The van der Waals surface area contributed by atoms with Crippen LogP contribution in [-0.4, -0.2) is 19.0 Å². The van der Waals surface area contributed by atoms with Crippen LogP contribution in [0.5, 0.6) is 0 Å². The molecule has 116 valence electrons. The second-order valence-electron chi connectivity index (χ2n) is 4.97. The number of hydrogen-bond donors (Lipinski definition) is 2. The lowest BCUT2D eigenvalue weighted by Gasteiger charge is -2.11. The lowest BCUT2D eigenvalue weighted by atomic mass is 10.3. The highest BCUT2D eigenvalue weighted by Crippen LogP contribution is 2.32. The number of hydrogen-bond acceptors (Lipinski definition) is 3.